The molecular weight excluding hydrogens is 669 g/mol. The molecule has 0 unspecified atom stereocenters. The van der Waals surface area contributed by atoms with Gasteiger partial charge in [0.05, 0.1) is 11.0 Å². The highest BCUT2D eigenvalue weighted by Gasteiger charge is 2.17. The van der Waals surface area contributed by atoms with Crippen molar-refractivity contribution < 1.29 is 0 Å². The summed E-state index contributed by atoms with van der Waals surface area (Å²) < 4.78 is 2.27. The first-order valence-corrected chi connectivity index (χ1v) is 18.6. The molecule has 10 aromatic rings. The second-order valence-electron chi connectivity index (χ2n) is 13.7. The number of nitrogens with zero attached hydrogens (tertiary/aromatic N) is 4. The molecule has 0 saturated heterocycles. The third kappa shape index (κ3) is 5.96. The first kappa shape index (κ1) is 32.2. The van der Waals surface area contributed by atoms with Crippen LogP contribution >= 0.6 is 0 Å². The lowest BCUT2D eigenvalue weighted by Gasteiger charge is -2.25. The molecule has 0 fully saturated rings. The lowest BCUT2D eigenvalue weighted by molar-refractivity contribution is 1.25. The molecule has 0 N–H and O–H groups in total. The molecule has 0 radical (unpaired) electrons. The fourth-order valence-electron chi connectivity index (χ4n) is 7.73. The summed E-state index contributed by atoms with van der Waals surface area (Å²) in [5.74, 6) is 0. The highest BCUT2D eigenvalue weighted by molar-refractivity contribution is 6.06. The maximum absolute atomic E-state index is 5.17. The molecule has 0 amide bonds. The van der Waals surface area contributed by atoms with Gasteiger partial charge in [-0.3, -0.25) is 4.40 Å². The Balaban J connectivity index is 1.05. The Morgan fingerprint density at radius 3 is 1.24 bits per heavy atom. The van der Waals surface area contributed by atoms with E-state index in [-0.39, 0.29) is 0 Å². The van der Waals surface area contributed by atoms with Gasteiger partial charge in [-0.15, -0.1) is 0 Å². The van der Waals surface area contributed by atoms with Crippen molar-refractivity contribution >= 4 is 61.6 Å². The predicted molar refractivity (Wildman–Crippen MR) is 230 cm³/mol. The van der Waals surface area contributed by atoms with Gasteiger partial charge in [-0.2, -0.15) is 0 Å². The average molecular weight is 705 g/mol. The van der Waals surface area contributed by atoms with E-state index in [9.17, 15) is 0 Å². The molecule has 0 atom stereocenters. The van der Waals surface area contributed by atoms with Crippen molar-refractivity contribution in [2.45, 2.75) is 0 Å². The Hall–Kier alpha value is -7.43. The predicted octanol–water partition coefficient (Wildman–Crippen LogP) is 13.9. The second-order valence-corrected chi connectivity index (χ2v) is 13.7. The number of anilines is 6. The molecule has 10 rings (SSSR count). The number of para-hydroxylation sites is 4. The van der Waals surface area contributed by atoms with Crippen molar-refractivity contribution in [3.05, 3.63) is 219 Å². The van der Waals surface area contributed by atoms with Crippen LogP contribution in [0.25, 0.3) is 49.7 Å². The number of aromatic nitrogens is 2. The van der Waals surface area contributed by atoms with Crippen LogP contribution in [0.15, 0.2) is 219 Å². The van der Waals surface area contributed by atoms with Gasteiger partial charge in [-0.1, -0.05) is 127 Å². The van der Waals surface area contributed by atoms with Crippen LogP contribution < -0.4 is 9.80 Å². The molecule has 4 nitrogen and oxygen atoms in total. The van der Waals surface area contributed by atoms with Crippen LogP contribution in [0.1, 0.15) is 0 Å². The molecule has 2 heterocycles. The average Bonchev–Trinajstić information content (AvgIpc) is 3.64. The normalized spacial score (nSPS) is 11.3. The van der Waals surface area contributed by atoms with Gasteiger partial charge in [0.15, 0.2) is 0 Å². The Labute approximate surface area is 320 Å². The fourth-order valence-corrected chi connectivity index (χ4v) is 7.73. The van der Waals surface area contributed by atoms with Gasteiger partial charge in [-0.05, 0) is 107 Å². The summed E-state index contributed by atoms with van der Waals surface area (Å²) in [5, 5.41) is 2.31. The van der Waals surface area contributed by atoms with Gasteiger partial charge in [0.2, 0.25) is 0 Å². The largest absolute Gasteiger partial charge is 0.311 e. The maximum Gasteiger partial charge on any atom is 0.145 e. The lowest BCUT2D eigenvalue weighted by atomic mass is 10.00. The van der Waals surface area contributed by atoms with Crippen LogP contribution in [-0.4, -0.2) is 9.38 Å². The Morgan fingerprint density at radius 2 is 0.745 bits per heavy atom. The van der Waals surface area contributed by atoms with Gasteiger partial charge >= 0.3 is 0 Å². The van der Waals surface area contributed by atoms with Crippen molar-refractivity contribution in [1.29, 1.82) is 0 Å². The van der Waals surface area contributed by atoms with E-state index >= 15 is 0 Å². The smallest absolute Gasteiger partial charge is 0.145 e. The summed E-state index contributed by atoms with van der Waals surface area (Å²) in [5.41, 5.74) is 14.3. The van der Waals surface area contributed by atoms with E-state index in [2.05, 4.69) is 233 Å². The minimum Gasteiger partial charge on any atom is -0.311 e. The number of hydrogen-bond acceptors (Lipinski definition) is 3. The highest BCUT2D eigenvalue weighted by atomic mass is 15.1. The second kappa shape index (κ2) is 13.8. The summed E-state index contributed by atoms with van der Waals surface area (Å²) in [4.78, 5) is 9.76. The number of imidazole rings is 1. The van der Waals surface area contributed by atoms with Gasteiger partial charge < -0.3 is 9.80 Å². The molecule has 0 aliphatic carbocycles. The zero-order valence-corrected chi connectivity index (χ0v) is 30.1. The molecule has 0 bridgehead atoms. The number of pyridine rings is 1. The van der Waals surface area contributed by atoms with Crippen molar-refractivity contribution in [2.75, 3.05) is 9.80 Å². The topological polar surface area (TPSA) is 23.8 Å². The summed E-state index contributed by atoms with van der Waals surface area (Å²) in [6.45, 7) is 0. The molecule has 0 saturated carbocycles. The molecule has 260 valence electrons. The molecular formula is C51H36N4. The Bertz CT molecular complexity index is 2810. The zero-order valence-electron chi connectivity index (χ0n) is 30.1. The number of fused-ring (bicyclic) bond motifs is 5. The monoisotopic (exact) mass is 704 g/mol. The van der Waals surface area contributed by atoms with E-state index in [1.807, 2.05) is 0 Å². The fraction of sp³-hybridized carbons (Fsp3) is 0. The maximum atomic E-state index is 5.17. The minimum absolute atomic E-state index is 0.958. The molecule has 55 heavy (non-hydrogen) atoms. The third-order valence-electron chi connectivity index (χ3n) is 10.4. The standard InChI is InChI=1S/C51H36N4/c1-5-15-40(16-6-1)54(41-17-7-2-8-18-41)44-30-25-37(26-31-44)39-29-34-49-50(35-39)53-36-48(46-23-13-14-24-47(46)51(53)52-49)38-27-32-45(33-28-38)55(42-19-9-3-10-20-42)43-21-11-4-12-22-43/h1-36H. The van der Waals surface area contributed by atoms with Crippen molar-refractivity contribution in [1.82, 2.24) is 9.38 Å². The van der Waals surface area contributed by atoms with Gasteiger partial charge in [0, 0.05) is 51.3 Å². The Kier molecular flexibility index (Phi) is 8.12. The minimum atomic E-state index is 0.958. The number of hydrogen-bond donors (Lipinski definition) is 0. The molecule has 0 spiro atoms. The van der Waals surface area contributed by atoms with E-state index in [1.165, 1.54) is 5.39 Å². The van der Waals surface area contributed by atoms with Crippen LogP contribution in [-0.2, 0) is 0 Å². The van der Waals surface area contributed by atoms with Crippen molar-refractivity contribution in [2.24, 2.45) is 0 Å². The first-order valence-electron chi connectivity index (χ1n) is 18.6. The highest BCUT2D eigenvalue weighted by Crippen LogP contribution is 2.39. The summed E-state index contributed by atoms with van der Waals surface area (Å²) in [6.07, 6.45) is 2.26. The zero-order chi connectivity index (χ0) is 36.6. The molecule has 4 heteroatoms. The van der Waals surface area contributed by atoms with E-state index in [4.69, 9.17) is 4.98 Å². The first-order chi connectivity index (χ1) is 27.3. The van der Waals surface area contributed by atoms with Crippen LogP contribution in [0.3, 0.4) is 0 Å². The molecule has 0 aliphatic rings. The van der Waals surface area contributed by atoms with Crippen LogP contribution in [0.5, 0.6) is 0 Å². The van der Waals surface area contributed by atoms with Crippen molar-refractivity contribution in [3.8, 4) is 22.3 Å². The van der Waals surface area contributed by atoms with Crippen molar-refractivity contribution in [3.63, 3.8) is 0 Å². The SMILES string of the molecule is c1ccc(N(c2ccccc2)c2ccc(-c3ccc4nc5c6ccccc6c(-c6ccc(N(c7ccccc7)c7ccccc7)cc6)cn5c4c3)cc2)cc1. The summed E-state index contributed by atoms with van der Waals surface area (Å²) >= 11 is 0. The van der Waals surface area contributed by atoms with Crippen LogP contribution in [0, 0.1) is 0 Å². The number of benzene rings is 8. The van der Waals surface area contributed by atoms with Gasteiger partial charge in [-0.25, -0.2) is 4.98 Å². The number of rotatable bonds is 8. The third-order valence-corrected chi connectivity index (χ3v) is 10.4. The van der Waals surface area contributed by atoms with E-state index < -0.39 is 0 Å². The van der Waals surface area contributed by atoms with E-state index in [0.717, 1.165) is 78.4 Å². The molecule has 0 aliphatic heterocycles. The summed E-state index contributed by atoms with van der Waals surface area (Å²) in [7, 11) is 0. The summed E-state index contributed by atoms with van der Waals surface area (Å²) in [6, 6.07) is 75.1. The van der Waals surface area contributed by atoms with E-state index in [1.54, 1.807) is 0 Å². The Morgan fingerprint density at radius 1 is 0.345 bits per heavy atom. The van der Waals surface area contributed by atoms with Crippen LogP contribution in [0.2, 0.25) is 0 Å². The molecule has 2 aromatic heterocycles. The molecule has 8 aromatic carbocycles. The van der Waals surface area contributed by atoms with E-state index in [0.29, 0.717) is 0 Å². The van der Waals surface area contributed by atoms with Gasteiger partial charge in [0.25, 0.3) is 0 Å². The lowest BCUT2D eigenvalue weighted by Crippen LogP contribution is -2.09. The van der Waals surface area contributed by atoms with Crippen LogP contribution in [0.4, 0.5) is 34.1 Å². The van der Waals surface area contributed by atoms with Gasteiger partial charge in [0.1, 0.15) is 5.65 Å². The quantitative estimate of drug-likeness (QED) is 0.157.